The van der Waals surface area contributed by atoms with E-state index in [1.165, 1.54) is 17.9 Å². The number of carbonyl (C=O) groups excluding carboxylic acids is 1. The number of nitrogens with zero attached hydrogens (tertiary/aromatic N) is 5. The Bertz CT molecular complexity index is 1140. The van der Waals surface area contributed by atoms with Crippen molar-refractivity contribution in [1.82, 2.24) is 19.7 Å². The number of amides is 1. The second-order valence-corrected chi connectivity index (χ2v) is 9.22. The van der Waals surface area contributed by atoms with Gasteiger partial charge in [-0.05, 0) is 42.9 Å². The number of unbranched alkanes of at least 4 members (excludes halogenated alkanes) is 3. The summed E-state index contributed by atoms with van der Waals surface area (Å²) in [6.45, 7) is 3.25. The average molecular weight is 524 g/mol. The Morgan fingerprint density at radius 3 is 2.58 bits per heavy atom. The monoisotopic (exact) mass is 523 g/mol. The van der Waals surface area contributed by atoms with Crippen LogP contribution in [0.5, 0.6) is 0 Å². The van der Waals surface area contributed by atoms with Crippen LogP contribution < -0.4 is 0 Å². The van der Waals surface area contributed by atoms with Crippen molar-refractivity contribution < 1.29 is 4.79 Å². The molecule has 0 bridgehead atoms. The molecule has 0 radical (unpaired) electrons. The zero-order valence-electron chi connectivity index (χ0n) is 18.5. The van der Waals surface area contributed by atoms with E-state index >= 15 is 0 Å². The second-order valence-electron chi connectivity index (χ2n) is 7.93. The summed E-state index contributed by atoms with van der Waals surface area (Å²) in [5, 5.41) is 11.1. The van der Waals surface area contributed by atoms with Gasteiger partial charge in [0.1, 0.15) is 12.2 Å². The van der Waals surface area contributed by atoms with Gasteiger partial charge in [0.05, 0.1) is 11.9 Å². The SMILES string of the molecule is CCCCCCN1CC(=O)N(/N=C\c2cn(-c3ccccc3)nc2-c2ccc(Br)cc2)C1=S. The number of benzene rings is 2. The minimum absolute atomic E-state index is 0.104. The van der Waals surface area contributed by atoms with Crippen LogP contribution >= 0.6 is 28.1 Å². The molecule has 2 heterocycles. The van der Waals surface area contributed by atoms with Gasteiger partial charge in [0.25, 0.3) is 5.91 Å². The summed E-state index contributed by atoms with van der Waals surface area (Å²) >= 11 is 9.03. The highest BCUT2D eigenvalue weighted by Crippen LogP contribution is 2.25. The van der Waals surface area contributed by atoms with E-state index in [0.717, 1.165) is 46.4 Å². The average Bonchev–Trinajstić information content (AvgIpc) is 3.37. The maximum atomic E-state index is 12.6. The van der Waals surface area contributed by atoms with Gasteiger partial charge in [-0.3, -0.25) is 4.79 Å². The predicted octanol–water partition coefficient (Wildman–Crippen LogP) is 5.65. The zero-order valence-corrected chi connectivity index (χ0v) is 20.9. The number of thiocarbonyl (C=S) groups is 1. The summed E-state index contributed by atoms with van der Waals surface area (Å²) in [4.78, 5) is 14.5. The largest absolute Gasteiger partial charge is 0.338 e. The van der Waals surface area contributed by atoms with E-state index in [0.29, 0.717) is 5.11 Å². The van der Waals surface area contributed by atoms with Crippen molar-refractivity contribution >= 4 is 45.4 Å². The van der Waals surface area contributed by atoms with Crippen LogP contribution in [0.3, 0.4) is 0 Å². The molecule has 0 saturated carbocycles. The molecule has 8 heteroatoms. The lowest BCUT2D eigenvalue weighted by molar-refractivity contribution is -0.125. The van der Waals surface area contributed by atoms with E-state index in [1.807, 2.05) is 70.4 Å². The molecule has 2 aromatic carbocycles. The van der Waals surface area contributed by atoms with Gasteiger partial charge in [0.15, 0.2) is 5.11 Å². The quantitative estimate of drug-likeness (QED) is 0.206. The number of rotatable bonds is 9. The van der Waals surface area contributed by atoms with Crippen LogP contribution in [0.25, 0.3) is 16.9 Å². The van der Waals surface area contributed by atoms with Crippen molar-refractivity contribution in [3.05, 3.63) is 70.8 Å². The van der Waals surface area contributed by atoms with Crippen LogP contribution in [0.2, 0.25) is 0 Å². The Morgan fingerprint density at radius 1 is 1.09 bits per heavy atom. The molecule has 0 unspecified atom stereocenters. The van der Waals surface area contributed by atoms with Crippen LogP contribution in [0.1, 0.15) is 38.2 Å². The van der Waals surface area contributed by atoms with Crippen LogP contribution in [-0.4, -0.2) is 50.0 Å². The molecule has 0 aliphatic carbocycles. The van der Waals surface area contributed by atoms with Gasteiger partial charge >= 0.3 is 0 Å². The fourth-order valence-electron chi connectivity index (χ4n) is 3.70. The first-order chi connectivity index (χ1) is 16.1. The van der Waals surface area contributed by atoms with Gasteiger partial charge in [-0.1, -0.05) is 72.4 Å². The highest BCUT2D eigenvalue weighted by Gasteiger charge is 2.32. The van der Waals surface area contributed by atoms with Crippen molar-refractivity contribution in [2.75, 3.05) is 13.1 Å². The second kappa shape index (κ2) is 10.9. The van der Waals surface area contributed by atoms with Crippen LogP contribution in [0.15, 0.2) is 70.4 Å². The molecule has 1 saturated heterocycles. The van der Waals surface area contributed by atoms with Gasteiger partial charge in [0, 0.05) is 28.3 Å². The van der Waals surface area contributed by atoms with E-state index in [4.69, 9.17) is 17.3 Å². The molecule has 1 aromatic heterocycles. The zero-order chi connectivity index (χ0) is 23.2. The highest BCUT2D eigenvalue weighted by atomic mass is 79.9. The first kappa shape index (κ1) is 23.3. The number of halogens is 1. The molecule has 0 atom stereocenters. The molecule has 6 nitrogen and oxygen atoms in total. The molecule has 0 spiro atoms. The molecule has 1 aliphatic heterocycles. The van der Waals surface area contributed by atoms with Gasteiger partial charge in [-0.25, -0.2) is 4.68 Å². The van der Waals surface area contributed by atoms with Crippen LogP contribution in [0.4, 0.5) is 0 Å². The number of para-hydroxylation sites is 1. The molecule has 1 amide bonds. The van der Waals surface area contributed by atoms with E-state index in [2.05, 4.69) is 28.0 Å². The molecule has 4 rings (SSSR count). The lowest BCUT2D eigenvalue weighted by atomic mass is 10.1. The number of hydrogen-bond acceptors (Lipinski definition) is 4. The number of carbonyl (C=O) groups is 1. The normalized spacial score (nSPS) is 14.1. The smallest absolute Gasteiger partial charge is 0.269 e. The summed E-state index contributed by atoms with van der Waals surface area (Å²) in [6, 6.07) is 17.9. The third kappa shape index (κ3) is 5.57. The maximum absolute atomic E-state index is 12.6. The Hall–Kier alpha value is -2.84. The third-order valence-corrected chi connectivity index (χ3v) is 6.45. The summed E-state index contributed by atoms with van der Waals surface area (Å²) in [7, 11) is 0. The molecule has 3 aromatic rings. The number of hydrogen-bond donors (Lipinski definition) is 0. The standard InChI is InChI=1S/C25H26BrN5OS/c1-2-3-4-8-15-29-18-23(32)31(25(29)33)27-16-20-17-30(22-9-6-5-7-10-22)28-24(20)19-11-13-21(26)14-12-19/h5-7,9-14,16-17H,2-4,8,15,18H2,1H3/b27-16-. The fraction of sp³-hybridized carbons (Fsp3) is 0.280. The third-order valence-electron chi connectivity index (χ3n) is 5.49. The molecule has 33 heavy (non-hydrogen) atoms. The Balaban J connectivity index is 1.59. The topological polar surface area (TPSA) is 53.7 Å². The van der Waals surface area contributed by atoms with Crippen LogP contribution in [-0.2, 0) is 4.79 Å². The molecule has 1 aliphatic rings. The molecule has 0 N–H and O–H groups in total. The summed E-state index contributed by atoms with van der Waals surface area (Å²) in [5.41, 5.74) is 3.49. The van der Waals surface area contributed by atoms with Gasteiger partial charge in [-0.2, -0.15) is 15.2 Å². The Morgan fingerprint density at radius 2 is 1.85 bits per heavy atom. The highest BCUT2D eigenvalue weighted by molar-refractivity contribution is 9.10. The lowest BCUT2D eigenvalue weighted by Crippen LogP contribution is -2.30. The molecule has 170 valence electrons. The summed E-state index contributed by atoms with van der Waals surface area (Å²) in [5.74, 6) is -0.104. The van der Waals surface area contributed by atoms with E-state index < -0.39 is 0 Å². The van der Waals surface area contributed by atoms with Crippen molar-refractivity contribution in [3.63, 3.8) is 0 Å². The molecular formula is C25H26BrN5OS. The maximum Gasteiger partial charge on any atom is 0.269 e. The Labute approximate surface area is 208 Å². The van der Waals surface area contributed by atoms with Crippen molar-refractivity contribution in [2.45, 2.75) is 32.6 Å². The van der Waals surface area contributed by atoms with Crippen molar-refractivity contribution in [1.29, 1.82) is 0 Å². The van der Waals surface area contributed by atoms with Gasteiger partial charge in [0.2, 0.25) is 0 Å². The van der Waals surface area contributed by atoms with E-state index in [-0.39, 0.29) is 12.5 Å². The van der Waals surface area contributed by atoms with Gasteiger partial charge in [-0.15, -0.1) is 0 Å². The first-order valence-corrected chi connectivity index (χ1v) is 12.3. The number of hydrazone groups is 1. The van der Waals surface area contributed by atoms with Crippen molar-refractivity contribution in [3.8, 4) is 16.9 Å². The van der Waals surface area contributed by atoms with E-state index in [9.17, 15) is 4.79 Å². The molecular weight excluding hydrogens is 498 g/mol. The van der Waals surface area contributed by atoms with Crippen LogP contribution in [0, 0.1) is 0 Å². The van der Waals surface area contributed by atoms with E-state index in [1.54, 1.807) is 6.21 Å². The summed E-state index contributed by atoms with van der Waals surface area (Å²) < 4.78 is 2.82. The summed E-state index contributed by atoms with van der Waals surface area (Å²) in [6.07, 6.45) is 8.13. The van der Waals surface area contributed by atoms with Gasteiger partial charge < -0.3 is 4.90 Å². The first-order valence-electron chi connectivity index (χ1n) is 11.1. The molecule has 1 fully saturated rings. The number of aromatic nitrogens is 2. The minimum atomic E-state index is -0.104. The predicted molar refractivity (Wildman–Crippen MR) is 139 cm³/mol. The Kier molecular flexibility index (Phi) is 7.67. The lowest BCUT2D eigenvalue weighted by Gasteiger charge is -2.16. The fourth-order valence-corrected chi connectivity index (χ4v) is 4.27. The minimum Gasteiger partial charge on any atom is -0.338 e. The van der Waals surface area contributed by atoms with Crippen molar-refractivity contribution in [2.24, 2.45) is 5.10 Å².